The van der Waals surface area contributed by atoms with E-state index in [2.05, 4.69) is 0 Å². The fourth-order valence-electron chi connectivity index (χ4n) is 2.99. The normalized spacial score (nSPS) is 21.4. The van der Waals surface area contributed by atoms with E-state index in [4.69, 9.17) is 15.2 Å². The summed E-state index contributed by atoms with van der Waals surface area (Å²) in [5.74, 6) is -0.349. The first kappa shape index (κ1) is 16.5. The zero-order chi connectivity index (χ0) is 17.4. The van der Waals surface area contributed by atoms with Crippen molar-refractivity contribution in [3.05, 3.63) is 22.5 Å². The average Bonchev–Trinajstić information content (AvgIpc) is 3.42. The maximum atomic E-state index is 13.1. The number of carbonyl (C=O) groups is 3. The van der Waals surface area contributed by atoms with Crippen LogP contribution in [0.25, 0.3) is 0 Å². The van der Waals surface area contributed by atoms with Crippen LogP contribution in [-0.4, -0.2) is 73.5 Å². The van der Waals surface area contributed by atoms with Crippen LogP contribution in [0, 0.1) is 0 Å². The molecule has 0 saturated carbocycles. The van der Waals surface area contributed by atoms with Gasteiger partial charge in [-0.15, -0.1) is 0 Å². The highest BCUT2D eigenvalue weighted by Gasteiger charge is 2.45. The Morgan fingerprint density at radius 1 is 1.12 bits per heavy atom. The molecule has 1 atom stereocenters. The first-order valence-corrected chi connectivity index (χ1v) is 8.01. The minimum atomic E-state index is -0.948. The summed E-state index contributed by atoms with van der Waals surface area (Å²) in [7, 11) is 1.41. The lowest BCUT2D eigenvalue weighted by Gasteiger charge is -2.28. The second-order valence-electron chi connectivity index (χ2n) is 5.93. The van der Waals surface area contributed by atoms with Gasteiger partial charge in [-0.05, 0) is 6.42 Å². The van der Waals surface area contributed by atoms with E-state index in [-0.39, 0.29) is 23.7 Å². The first-order valence-electron chi connectivity index (χ1n) is 8.01. The van der Waals surface area contributed by atoms with Gasteiger partial charge in [-0.25, -0.2) is 4.79 Å². The van der Waals surface area contributed by atoms with Gasteiger partial charge in [0.15, 0.2) is 0 Å². The number of nitrogens with zero attached hydrogens (tertiary/aromatic N) is 2. The van der Waals surface area contributed by atoms with Gasteiger partial charge < -0.3 is 25.0 Å². The molecular formula is C16H21N3O5. The molecule has 3 aliphatic rings. The van der Waals surface area contributed by atoms with Crippen LogP contribution in [0.2, 0.25) is 0 Å². The van der Waals surface area contributed by atoms with E-state index in [1.54, 1.807) is 0 Å². The predicted molar refractivity (Wildman–Crippen MR) is 83.8 cm³/mol. The van der Waals surface area contributed by atoms with Crippen molar-refractivity contribution >= 4 is 17.7 Å². The number of Topliss-reactive ketones (excluding diaryl/α,β-unsaturated/α-hetero) is 2. The number of hydrogen-bond acceptors (Lipinski definition) is 7. The van der Waals surface area contributed by atoms with E-state index in [1.807, 2.05) is 16.7 Å². The Morgan fingerprint density at radius 3 is 2.17 bits per heavy atom. The maximum Gasteiger partial charge on any atom is 0.404 e. The summed E-state index contributed by atoms with van der Waals surface area (Å²) in [6.45, 7) is 4.65. The van der Waals surface area contributed by atoms with E-state index in [9.17, 15) is 14.4 Å². The summed E-state index contributed by atoms with van der Waals surface area (Å²) in [6.07, 6.45) is -1.27. The summed E-state index contributed by atoms with van der Waals surface area (Å²) in [5.41, 5.74) is 6.66. The predicted octanol–water partition coefficient (Wildman–Crippen LogP) is -0.202. The van der Waals surface area contributed by atoms with Crippen molar-refractivity contribution in [1.29, 1.82) is 0 Å². The standard InChI is InChI=1S/C16H21N3O5/c1-3-9-12(18-4-5-18)15(21)11(10(23-2)8-24-16(17)22)13(14(9)20)19-6-7-19/h10H,3-8H2,1-2H3,(H2,17,22). The van der Waals surface area contributed by atoms with Gasteiger partial charge in [-0.2, -0.15) is 0 Å². The van der Waals surface area contributed by atoms with Gasteiger partial charge in [-0.1, -0.05) is 6.92 Å². The summed E-state index contributed by atoms with van der Waals surface area (Å²) in [5, 5.41) is 0. The molecule has 8 nitrogen and oxygen atoms in total. The molecule has 2 saturated heterocycles. The quantitative estimate of drug-likeness (QED) is 0.508. The molecule has 2 aliphatic heterocycles. The number of allylic oxidation sites excluding steroid dienone is 2. The van der Waals surface area contributed by atoms with E-state index in [0.29, 0.717) is 23.4 Å². The van der Waals surface area contributed by atoms with Crippen LogP contribution >= 0.6 is 0 Å². The van der Waals surface area contributed by atoms with Crippen LogP contribution < -0.4 is 5.73 Å². The summed E-state index contributed by atoms with van der Waals surface area (Å²) < 4.78 is 10.2. The first-order chi connectivity index (χ1) is 11.5. The number of ketones is 2. The van der Waals surface area contributed by atoms with Crippen LogP contribution in [-0.2, 0) is 19.1 Å². The molecule has 0 aromatic heterocycles. The lowest BCUT2D eigenvalue weighted by molar-refractivity contribution is -0.119. The van der Waals surface area contributed by atoms with Crippen molar-refractivity contribution in [2.45, 2.75) is 19.4 Å². The fraction of sp³-hybridized carbons (Fsp3) is 0.562. The van der Waals surface area contributed by atoms with Gasteiger partial charge >= 0.3 is 6.09 Å². The smallest absolute Gasteiger partial charge is 0.404 e. The molecule has 130 valence electrons. The van der Waals surface area contributed by atoms with E-state index >= 15 is 0 Å². The number of amides is 1. The minimum Gasteiger partial charge on any atom is -0.447 e. The maximum absolute atomic E-state index is 13.1. The highest BCUT2D eigenvalue weighted by Crippen LogP contribution is 2.36. The Kier molecular flexibility index (Phi) is 4.31. The van der Waals surface area contributed by atoms with Crippen LogP contribution in [0.3, 0.4) is 0 Å². The van der Waals surface area contributed by atoms with Crippen molar-refractivity contribution < 1.29 is 23.9 Å². The Hall–Kier alpha value is -2.35. The topological polar surface area (TPSA) is 102 Å². The van der Waals surface area contributed by atoms with Crippen molar-refractivity contribution in [2.24, 2.45) is 5.73 Å². The SMILES string of the molecule is CCC1=C(N2CC2)C(=O)C(C(COC(N)=O)OC)=C(N2CC2)C1=O. The third-order valence-corrected chi connectivity index (χ3v) is 4.35. The fourth-order valence-corrected chi connectivity index (χ4v) is 2.99. The van der Waals surface area contributed by atoms with Gasteiger partial charge in [0.05, 0.1) is 17.0 Å². The van der Waals surface area contributed by atoms with Gasteiger partial charge in [0.1, 0.15) is 12.7 Å². The number of primary amides is 1. The summed E-state index contributed by atoms with van der Waals surface area (Å²) in [4.78, 5) is 40.7. The molecule has 2 fully saturated rings. The Labute approximate surface area is 139 Å². The molecule has 1 aliphatic carbocycles. The molecule has 0 aromatic rings. The Morgan fingerprint density at radius 2 is 1.71 bits per heavy atom. The Bertz CT molecular complexity index is 659. The number of ether oxygens (including phenoxy) is 2. The van der Waals surface area contributed by atoms with E-state index < -0.39 is 12.2 Å². The molecule has 0 spiro atoms. The molecule has 3 rings (SSSR count). The van der Waals surface area contributed by atoms with E-state index in [1.165, 1.54) is 7.11 Å². The van der Waals surface area contributed by atoms with Crippen LogP contribution in [0.1, 0.15) is 13.3 Å². The summed E-state index contributed by atoms with van der Waals surface area (Å²) in [6, 6.07) is 0. The van der Waals surface area contributed by atoms with Crippen molar-refractivity contribution in [3.8, 4) is 0 Å². The molecule has 1 unspecified atom stereocenters. The zero-order valence-corrected chi connectivity index (χ0v) is 13.8. The summed E-state index contributed by atoms with van der Waals surface area (Å²) >= 11 is 0. The second kappa shape index (κ2) is 6.27. The van der Waals surface area contributed by atoms with Gasteiger partial charge in [-0.3, -0.25) is 9.59 Å². The average molecular weight is 335 g/mol. The third kappa shape index (κ3) is 2.89. The highest BCUT2D eigenvalue weighted by molar-refractivity contribution is 6.25. The van der Waals surface area contributed by atoms with E-state index in [0.717, 1.165) is 26.2 Å². The van der Waals surface area contributed by atoms with Gasteiger partial charge in [0.2, 0.25) is 11.6 Å². The lowest BCUT2D eigenvalue weighted by Crippen LogP contribution is -2.38. The molecule has 0 bridgehead atoms. The molecule has 2 N–H and O–H groups in total. The van der Waals surface area contributed by atoms with Gasteiger partial charge in [0, 0.05) is 38.9 Å². The molecule has 0 radical (unpaired) electrons. The largest absolute Gasteiger partial charge is 0.447 e. The second-order valence-corrected chi connectivity index (χ2v) is 5.93. The van der Waals surface area contributed by atoms with Crippen molar-refractivity contribution in [3.63, 3.8) is 0 Å². The molecule has 24 heavy (non-hydrogen) atoms. The number of hydrogen-bond donors (Lipinski definition) is 1. The highest BCUT2D eigenvalue weighted by atomic mass is 16.6. The number of rotatable bonds is 7. The molecule has 8 heteroatoms. The minimum absolute atomic E-state index is 0.132. The number of carbonyl (C=O) groups excluding carboxylic acids is 3. The molecule has 2 heterocycles. The molecular weight excluding hydrogens is 314 g/mol. The zero-order valence-electron chi connectivity index (χ0n) is 13.8. The lowest BCUT2D eigenvalue weighted by atomic mass is 9.86. The number of methoxy groups -OCH3 is 1. The monoisotopic (exact) mass is 335 g/mol. The van der Waals surface area contributed by atoms with Crippen LogP contribution in [0.15, 0.2) is 22.5 Å². The third-order valence-electron chi connectivity index (χ3n) is 4.35. The van der Waals surface area contributed by atoms with Crippen LogP contribution in [0.4, 0.5) is 4.79 Å². The van der Waals surface area contributed by atoms with Crippen molar-refractivity contribution in [2.75, 3.05) is 39.9 Å². The van der Waals surface area contributed by atoms with Crippen molar-refractivity contribution in [1.82, 2.24) is 9.80 Å². The number of nitrogens with two attached hydrogens (primary N) is 1. The molecule has 0 aromatic carbocycles. The van der Waals surface area contributed by atoms with Gasteiger partial charge in [0.25, 0.3) is 0 Å². The Balaban J connectivity index is 2.02. The molecule has 1 amide bonds. The van der Waals surface area contributed by atoms with Crippen LogP contribution in [0.5, 0.6) is 0 Å².